The summed E-state index contributed by atoms with van der Waals surface area (Å²) < 4.78 is 11.8. The molecule has 0 aliphatic carbocycles. The molecule has 2 rings (SSSR count). The molecule has 1 amide bonds. The van der Waals surface area contributed by atoms with Crippen LogP contribution < -0.4 is 25.4 Å². The highest BCUT2D eigenvalue weighted by Crippen LogP contribution is 2.13. The van der Waals surface area contributed by atoms with Gasteiger partial charge in [-0.3, -0.25) is 14.2 Å². The van der Waals surface area contributed by atoms with Gasteiger partial charge in [-0.05, 0) is 38.1 Å². The molecule has 2 N–H and O–H groups in total. The van der Waals surface area contributed by atoms with Crippen molar-refractivity contribution >= 4 is 46.4 Å². The quantitative estimate of drug-likeness (QED) is 0.553. The number of amides is 1. The van der Waals surface area contributed by atoms with E-state index in [0.29, 0.717) is 29.1 Å². The summed E-state index contributed by atoms with van der Waals surface area (Å²) in [6.07, 6.45) is 1.79. The molecule has 0 aliphatic rings. The average molecular weight is 445 g/mol. The number of rotatable bonds is 9. The smallest absolute Gasteiger partial charge is 0.351 e. The molecule has 2 aromatic rings. The number of hydrogen-bond acceptors (Lipinski definition) is 8. The van der Waals surface area contributed by atoms with Gasteiger partial charge in [0.2, 0.25) is 5.91 Å². The lowest BCUT2D eigenvalue weighted by molar-refractivity contribution is -0.136. The number of thiazole rings is 1. The lowest BCUT2D eigenvalue weighted by Crippen LogP contribution is -2.32. The van der Waals surface area contributed by atoms with E-state index in [1.807, 2.05) is 6.07 Å². The van der Waals surface area contributed by atoms with Crippen molar-refractivity contribution in [3.8, 4) is 6.07 Å². The fourth-order valence-electron chi connectivity index (χ4n) is 2.59. The van der Waals surface area contributed by atoms with Gasteiger partial charge in [0.25, 0.3) is 5.56 Å². The maximum absolute atomic E-state index is 12.7. The molecule has 164 valence electrons. The lowest BCUT2D eigenvalue weighted by atomic mass is 10.2. The molecule has 0 atom stereocenters. The Balaban J connectivity index is 2.28. The molecule has 0 aliphatic heterocycles. The van der Waals surface area contributed by atoms with Crippen molar-refractivity contribution in [3.63, 3.8) is 0 Å². The van der Waals surface area contributed by atoms with Gasteiger partial charge >= 0.3 is 5.97 Å². The molecule has 0 fully saturated rings. The monoisotopic (exact) mass is 444 g/mol. The van der Waals surface area contributed by atoms with Crippen molar-refractivity contribution in [1.29, 1.82) is 5.26 Å². The first-order valence-corrected chi connectivity index (χ1v) is 10.4. The van der Waals surface area contributed by atoms with Gasteiger partial charge in [0.15, 0.2) is 5.57 Å². The van der Waals surface area contributed by atoms with E-state index < -0.39 is 5.97 Å². The van der Waals surface area contributed by atoms with Crippen molar-refractivity contribution in [1.82, 2.24) is 4.57 Å². The van der Waals surface area contributed by atoms with E-state index >= 15 is 0 Å². The van der Waals surface area contributed by atoms with Gasteiger partial charge in [-0.1, -0.05) is 0 Å². The van der Waals surface area contributed by atoms with Crippen LogP contribution in [0.15, 0.2) is 29.1 Å². The minimum absolute atomic E-state index is 0.134. The number of carbonyl (C=O) groups is 2. The van der Waals surface area contributed by atoms with Crippen LogP contribution in [-0.4, -0.2) is 36.8 Å². The molecule has 31 heavy (non-hydrogen) atoms. The molecule has 0 radical (unpaired) electrons. The van der Waals surface area contributed by atoms with E-state index in [0.717, 1.165) is 11.3 Å². The summed E-state index contributed by atoms with van der Waals surface area (Å²) in [5.41, 5.74) is 0.830. The number of benzene rings is 1. The molecule has 1 aromatic heterocycles. The van der Waals surface area contributed by atoms with Crippen LogP contribution in [-0.2, 0) is 25.6 Å². The highest BCUT2D eigenvalue weighted by atomic mass is 32.1. The summed E-state index contributed by atoms with van der Waals surface area (Å²) >= 11 is 1.04. The summed E-state index contributed by atoms with van der Waals surface area (Å²) in [5, 5.41) is 15.2. The molecule has 0 unspecified atom stereocenters. The van der Waals surface area contributed by atoms with Crippen molar-refractivity contribution in [3.05, 3.63) is 43.8 Å². The third kappa shape index (κ3) is 6.28. The second-order valence-electron chi connectivity index (χ2n) is 6.19. The van der Waals surface area contributed by atoms with Crippen molar-refractivity contribution in [2.24, 2.45) is 0 Å². The number of ether oxygens (including phenoxy) is 2. The zero-order valence-electron chi connectivity index (χ0n) is 17.6. The standard InChI is InChI=1S/C21H24N4O5S/c1-4-25-19(27)17(31-20(25)16(12-22)21(28)30-5-2)13-23-14-6-8-15(9-7-14)24-18(26)10-11-29-3/h6-9,13,23H,4-5,10-11H2,1-3H3,(H,24,26). The van der Waals surface area contributed by atoms with Crippen molar-refractivity contribution in [2.45, 2.75) is 26.8 Å². The predicted octanol–water partition coefficient (Wildman–Crippen LogP) is 0.992. The highest BCUT2D eigenvalue weighted by molar-refractivity contribution is 7.07. The van der Waals surface area contributed by atoms with E-state index in [4.69, 9.17) is 9.47 Å². The summed E-state index contributed by atoms with van der Waals surface area (Å²) in [4.78, 5) is 36.5. The zero-order chi connectivity index (χ0) is 22.8. The number of nitrogens with one attached hydrogen (secondary N) is 2. The number of methoxy groups -OCH3 is 1. The van der Waals surface area contributed by atoms with E-state index in [1.54, 1.807) is 38.1 Å². The Kier molecular flexibility index (Phi) is 8.99. The summed E-state index contributed by atoms with van der Waals surface area (Å²) in [6, 6.07) is 8.80. The van der Waals surface area contributed by atoms with Crippen molar-refractivity contribution < 1.29 is 19.1 Å². The van der Waals surface area contributed by atoms with Crippen LogP contribution in [0.25, 0.3) is 11.8 Å². The number of hydrogen-bond donors (Lipinski definition) is 2. The molecule has 1 heterocycles. The minimum atomic E-state index is -0.754. The van der Waals surface area contributed by atoms with Crippen LogP contribution in [0.5, 0.6) is 0 Å². The summed E-state index contributed by atoms with van der Waals surface area (Å²) in [7, 11) is 1.53. The van der Waals surface area contributed by atoms with Gasteiger partial charge in [0.1, 0.15) is 15.3 Å². The summed E-state index contributed by atoms with van der Waals surface area (Å²) in [6.45, 7) is 4.19. The molecule has 1 aromatic carbocycles. The van der Waals surface area contributed by atoms with E-state index in [-0.39, 0.29) is 34.7 Å². The maximum atomic E-state index is 12.7. The predicted molar refractivity (Wildman–Crippen MR) is 119 cm³/mol. The Morgan fingerprint density at radius 2 is 1.90 bits per heavy atom. The lowest BCUT2D eigenvalue weighted by Gasteiger charge is -2.06. The Hall–Kier alpha value is -3.42. The van der Waals surface area contributed by atoms with Crippen LogP contribution >= 0.6 is 11.3 Å². The molecule has 0 saturated heterocycles. The van der Waals surface area contributed by atoms with E-state index in [9.17, 15) is 19.6 Å². The van der Waals surface area contributed by atoms with Crippen LogP contribution in [0.4, 0.5) is 11.4 Å². The molecule has 0 bridgehead atoms. The molecular formula is C21H24N4O5S. The third-order valence-corrected chi connectivity index (χ3v) is 5.23. The first kappa shape index (κ1) is 23.9. The number of anilines is 2. The average Bonchev–Trinajstić information content (AvgIpc) is 3.07. The zero-order valence-corrected chi connectivity index (χ0v) is 18.4. The van der Waals surface area contributed by atoms with E-state index in [1.165, 1.54) is 17.9 Å². The SMILES string of the molecule is CCOC(=O)C(C#N)=c1sc(=CNc2ccc(NC(=O)CCOC)cc2)c(=O)n1CC. The van der Waals surface area contributed by atoms with Crippen LogP contribution in [0, 0.1) is 11.3 Å². The van der Waals surface area contributed by atoms with E-state index in [2.05, 4.69) is 10.6 Å². The fourth-order valence-corrected chi connectivity index (χ4v) is 3.67. The van der Waals surface area contributed by atoms with Crippen LogP contribution in [0.2, 0.25) is 0 Å². The molecule has 10 heteroatoms. The molecule has 9 nitrogen and oxygen atoms in total. The van der Waals surface area contributed by atoms with Gasteiger partial charge in [0, 0.05) is 31.2 Å². The molecule has 0 spiro atoms. The number of aromatic nitrogens is 1. The van der Waals surface area contributed by atoms with Crippen molar-refractivity contribution in [2.75, 3.05) is 31.0 Å². The van der Waals surface area contributed by atoms with Crippen LogP contribution in [0.1, 0.15) is 20.3 Å². The van der Waals surface area contributed by atoms with Gasteiger partial charge in [-0.2, -0.15) is 5.26 Å². The third-order valence-electron chi connectivity index (χ3n) is 4.10. The molecule has 0 saturated carbocycles. The normalized spacial score (nSPS) is 12.1. The first-order chi connectivity index (χ1) is 14.9. The van der Waals surface area contributed by atoms with Gasteiger partial charge in [-0.15, -0.1) is 11.3 Å². The Bertz CT molecular complexity index is 1140. The second-order valence-corrected chi connectivity index (χ2v) is 7.22. The number of nitrogens with zero attached hydrogens (tertiary/aromatic N) is 2. The minimum Gasteiger partial charge on any atom is -0.462 e. The fraction of sp³-hybridized carbons (Fsp3) is 0.333. The molecular weight excluding hydrogens is 420 g/mol. The maximum Gasteiger partial charge on any atom is 0.351 e. The van der Waals surface area contributed by atoms with Gasteiger partial charge in [-0.25, -0.2) is 4.79 Å². The first-order valence-electron chi connectivity index (χ1n) is 9.61. The Morgan fingerprint density at radius 1 is 1.23 bits per heavy atom. The van der Waals surface area contributed by atoms with Gasteiger partial charge in [0.05, 0.1) is 19.6 Å². The summed E-state index contributed by atoms with van der Waals surface area (Å²) in [5.74, 6) is -0.900. The number of esters is 1. The second kappa shape index (κ2) is 11.7. The van der Waals surface area contributed by atoms with Gasteiger partial charge < -0.3 is 20.1 Å². The Morgan fingerprint density at radius 3 is 2.48 bits per heavy atom. The highest BCUT2D eigenvalue weighted by Gasteiger charge is 2.16. The topological polar surface area (TPSA) is 122 Å². The largest absolute Gasteiger partial charge is 0.462 e. The number of carbonyl (C=O) groups excluding carboxylic acids is 2. The van der Waals surface area contributed by atoms with Crippen LogP contribution in [0.3, 0.4) is 0 Å². The number of nitriles is 1. The Labute approximate surface area is 183 Å².